The number of halogens is 2. The SMILES string of the molecule is CNc1cnc(-n2nncc2C(C)O)c(C(F)F)c1. The lowest BCUT2D eigenvalue weighted by Crippen LogP contribution is -2.10. The van der Waals surface area contributed by atoms with Gasteiger partial charge in [-0.25, -0.2) is 13.8 Å². The fourth-order valence-electron chi connectivity index (χ4n) is 1.64. The maximum Gasteiger partial charge on any atom is 0.267 e. The quantitative estimate of drug-likeness (QED) is 0.883. The number of rotatable bonds is 4. The summed E-state index contributed by atoms with van der Waals surface area (Å²) < 4.78 is 27.3. The van der Waals surface area contributed by atoms with Crippen LogP contribution in [0, 0.1) is 0 Å². The van der Waals surface area contributed by atoms with Crippen molar-refractivity contribution in [3.8, 4) is 5.82 Å². The molecule has 2 aromatic heterocycles. The zero-order valence-electron chi connectivity index (χ0n) is 10.4. The van der Waals surface area contributed by atoms with Gasteiger partial charge in [0.15, 0.2) is 5.82 Å². The van der Waals surface area contributed by atoms with Crippen LogP contribution in [0.15, 0.2) is 18.5 Å². The maximum absolute atomic E-state index is 13.1. The Bertz CT molecular complexity index is 570. The van der Waals surface area contributed by atoms with E-state index in [1.54, 1.807) is 7.05 Å². The van der Waals surface area contributed by atoms with Crippen LogP contribution in [0.1, 0.15) is 30.7 Å². The monoisotopic (exact) mass is 269 g/mol. The Morgan fingerprint density at radius 2 is 2.11 bits per heavy atom. The van der Waals surface area contributed by atoms with Crippen LogP contribution in [0.4, 0.5) is 14.5 Å². The first kappa shape index (κ1) is 13.3. The zero-order chi connectivity index (χ0) is 14.0. The minimum atomic E-state index is -2.71. The van der Waals surface area contributed by atoms with E-state index in [9.17, 15) is 13.9 Å². The average Bonchev–Trinajstić information content (AvgIpc) is 2.87. The first-order chi connectivity index (χ1) is 9.04. The summed E-state index contributed by atoms with van der Waals surface area (Å²) >= 11 is 0. The van der Waals surface area contributed by atoms with Gasteiger partial charge >= 0.3 is 0 Å². The second-order valence-electron chi connectivity index (χ2n) is 3.93. The first-order valence-electron chi connectivity index (χ1n) is 5.59. The van der Waals surface area contributed by atoms with Crippen molar-refractivity contribution in [1.82, 2.24) is 20.0 Å². The molecule has 0 fully saturated rings. The second-order valence-corrected chi connectivity index (χ2v) is 3.93. The van der Waals surface area contributed by atoms with Gasteiger partial charge in [-0.05, 0) is 13.0 Å². The van der Waals surface area contributed by atoms with Gasteiger partial charge in [-0.15, -0.1) is 5.10 Å². The summed E-state index contributed by atoms with van der Waals surface area (Å²) in [4.78, 5) is 3.96. The fourth-order valence-corrected chi connectivity index (χ4v) is 1.64. The van der Waals surface area contributed by atoms with E-state index in [-0.39, 0.29) is 11.4 Å². The van der Waals surface area contributed by atoms with Gasteiger partial charge in [0.05, 0.1) is 35.4 Å². The van der Waals surface area contributed by atoms with Gasteiger partial charge in [-0.2, -0.15) is 4.68 Å². The number of hydrogen-bond donors (Lipinski definition) is 2. The van der Waals surface area contributed by atoms with Crippen LogP contribution in [0.2, 0.25) is 0 Å². The number of aliphatic hydroxyl groups excluding tert-OH is 1. The predicted octanol–water partition coefficient (Wildman–Crippen LogP) is 1.69. The van der Waals surface area contributed by atoms with Crippen molar-refractivity contribution in [3.05, 3.63) is 29.7 Å². The van der Waals surface area contributed by atoms with Crippen molar-refractivity contribution < 1.29 is 13.9 Å². The number of aliphatic hydroxyl groups is 1. The number of pyridine rings is 1. The van der Waals surface area contributed by atoms with E-state index in [4.69, 9.17) is 0 Å². The van der Waals surface area contributed by atoms with E-state index in [0.717, 1.165) is 4.68 Å². The third-order valence-electron chi connectivity index (χ3n) is 2.62. The predicted molar refractivity (Wildman–Crippen MR) is 64.3 cm³/mol. The van der Waals surface area contributed by atoms with Gasteiger partial charge in [0.1, 0.15) is 0 Å². The molecule has 0 aromatic carbocycles. The fraction of sp³-hybridized carbons (Fsp3) is 0.364. The Kier molecular flexibility index (Phi) is 3.70. The first-order valence-corrected chi connectivity index (χ1v) is 5.59. The molecule has 0 aliphatic rings. The Morgan fingerprint density at radius 3 is 2.68 bits per heavy atom. The number of nitrogens with one attached hydrogen (secondary N) is 1. The molecule has 0 saturated heterocycles. The van der Waals surface area contributed by atoms with Crippen LogP contribution in [0.25, 0.3) is 5.82 Å². The van der Waals surface area contributed by atoms with E-state index < -0.39 is 12.5 Å². The molecule has 2 aromatic rings. The topological polar surface area (TPSA) is 75.9 Å². The highest BCUT2D eigenvalue weighted by molar-refractivity contribution is 5.49. The molecule has 2 N–H and O–H groups in total. The van der Waals surface area contributed by atoms with Crippen LogP contribution in [-0.2, 0) is 0 Å². The van der Waals surface area contributed by atoms with Gasteiger partial charge in [0.2, 0.25) is 0 Å². The number of alkyl halides is 2. The minimum Gasteiger partial charge on any atom is -0.387 e. The van der Waals surface area contributed by atoms with E-state index in [0.29, 0.717) is 11.4 Å². The Labute approximate surface area is 108 Å². The minimum absolute atomic E-state index is 0.0394. The normalized spacial score (nSPS) is 12.7. The summed E-state index contributed by atoms with van der Waals surface area (Å²) in [6.45, 7) is 1.50. The third kappa shape index (κ3) is 2.53. The molecule has 0 aliphatic carbocycles. The average molecular weight is 269 g/mol. The molecule has 1 unspecified atom stereocenters. The van der Waals surface area contributed by atoms with Gasteiger partial charge in [0.25, 0.3) is 6.43 Å². The van der Waals surface area contributed by atoms with Crippen LogP contribution in [0.3, 0.4) is 0 Å². The summed E-state index contributed by atoms with van der Waals surface area (Å²) in [5.74, 6) is -0.0394. The standard InChI is InChI=1S/C11H13F2N5O/c1-6(19)9-5-16-17-18(9)11-8(10(12)13)3-7(14-2)4-15-11/h3-6,10,14,19H,1-2H3. The largest absolute Gasteiger partial charge is 0.387 e. The highest BCUT2D eigenvalue weighted by atomic mass is 19.3. The Balaban J connectivity index is 2.58. The van der Waals surface area contributed by atoms with E-state index >= 15 is 0 Å². The van der Waals surface area contributed by atoms with Crippen LogP contribution >= 0.6 is 0 Å². The highest BCUT2D eigenvalue weighted by Gasteiger charge is 2.20. The zero-order valence-corrected chi connectivity index (χ0v) is 10.4. The van der Waals surface area contributed by atoms with Crippen LogP contribution in [0.5, 0.6) is 0 Å². The molecule has 0 saturated carbocycles. The molecule has 2 rings (SSSR count). The van der Waals surface area contributed by atoms with E-state index in [2.05, 4.69) is 20.6 Å². The van der Waals surface area contributed by atoms with Crippen molar-refractivity contribution in [1.29, 1.82) is 0 Å². The number of anilines is 1. The van der Waals surface area contributed by atoms with Gasteiger partial charge < -0.3 is 10.4 Å². The van der Waals surface area contributed by atoms with Crippen molar-refractivity contribution in [2.75, 3.05) is 12.4 Å². The molecule has 19 heavy (non-hydrogen) atoms. The summed E-state index contributed by atoms with van der Waals surface area (Å²) in [6, 6.07) is 1.29. The molecular formula is C11H13F2N5O. The molecule has 8 heteroatoms. The molecule has 6 nitrogen and oxygen atoms in total. The maximum atomic E-state index is 13.1. The molecule has 0 bridgehead atoms. The number of aromatic nitrogens is 4. The Hall–Kier alpha value is -2.09. The van der Waals surface area contributed by atoms with Crippen LogP contribution < -0.4 is 5.32 Å². The lowest BCUT2D eigenvalue weighted by Gasteiger charge is -2.12. The molecule has 0 spiro atoms. The van der Waals surface area contributed by atoms with Gasteiger partial charge in [-0.3, -0.25) is 0 Å². The molecule has 2 heterocycles. The summed E-state index contributed by atoms with van der Waals surface area (Å²) in [5, 5.41) is 19.6. The molecular weight excluding hydrogens is 256 g/mol. The van der Waals surface area contributed by atoms with Gasteiger partial charge in [0, 0.05) is 7.05 Å². The lowest BCUT2D eigenvalue weighted by molar-refractivity contribution is 0.150. The smallest absolute Gasteiger partial charge is 0.267 e. The summed E-state index contributed by atoms with van der Waals surface area (Å²) in [6.07, 6.45) is -0.865. The number of nitrogens with zero attached hydrogens (tertiary/aromatic N) is 4. The summed E-state index contributed by atoms with van der Waals surface area (Å²) in [7, 11) is 1.61. The van der Waals surface area contributed by atoms with Gasteiger partial charge in [-0.1, -0.05) is 5.21 Å². The molecule has 0 aliphatic heterocycles. The lowest BCUT2D eigenvalue weighted by atomic mass is 10.2. The van der Waals surface area contributed by atoms with E-state index in [1.807, 2.05) is 0 Å². The molecule has 0 radical (unpaired) electrons. The van der Waals surface area contributed by atoms with E-state index in [1.165, 1.54) is 25.4 Å². The molecule has 0 amide bonds. The van der Waals surface area contributed by atoms with Crippen molar-refractivity contribution in [2.45, 2.75) is 19.5 Å². The van der Waals surface area contributed by atoms with Crippen molar-refractivity contribution in [3.63, 3.8) is 0 Å². The third-order valence-corrected chi connectivity index (χ3v) is 2.62. The molecule has 1 atom stereocenters. The Morgan fingerprint density at radius 1 is 1.37 bits per heavy atom. The van der Waals surface area contributed by atoms with Crippen molar-refractivity contribution >= 4 is 5.69 Å². The van der Waals surface area contributed by atoms with Crippen LogP contribution in [-0.4, -0.2) is 32.1 Å². The highest BCUT2D eigenvalue weighted by Crippen LogP contribution is 2.28. The second kappa shape index (κ2) is 5.27. The number of hydrogen-bond acceptors (Lipinski definition) is 5. The summed E-state index contributed by atoms with van der Waals surface area (Å²) in [5.41, 5.74) is 0.489. The molecule has 102 valence electrons. The van der Waals surface area contributed by atoms with Crippen molar-refractivity contribution in [2.24, 2.45) is 0 Å².